The summed E-state index contributed by atoms with van der Waals surface area (Å²) in [5, 5.41) is 14.2. The summed E-state index contributed by atoms with van der Waals surface area (Å²) in [7, 11) is 0. The Kier molecular flexibility index (Phi) is 3.19. The number of aromatic nitrogens is 3. The molecule has 0 aliphatic heterocycles. The van der Waals surface area contributed by atoms with Crippen molar-refractivity contribution in [2.75, 3.05) is 0 Å². The van der Waals surface area contributed by atoms with Gasteiger partial charge in [0.25, 0.3) is 0 Å². The highest BCUT2D eigenvalue weighted by atomic mass is 16.3. The molecule has 4 heteroatoms. The van der Waals surface area contributed by atoms with Gasteiger partial charge in [0.15, 0.2) is 5.82 Å². The van der Waals surface area contributed by atoms with Gasteiger partial charge in [0.1, 0.15) is 11.4 Å². The van der Waals surface area contributed by atoms with Crippen LogP contribution in [0.2, 0.25) is 0 Å². The predicted molar refractivity (Wildman–Crippen MR) is 59.7 cm³/mol. The summed E-state index contributed by atoms with van der Waals surface area (Å²) in [6, 6.07) is 0.269. The molecule has 0 bridgehead atoms. The normalized spacial score (nSPS) is 12.9. The van der Waals surface area contributed by atoms with E-state index in [1.165, 1.54) is 0 Å². The summed E-state index contributed by atoms with van der Waals surface area (Å²) in [6.45, 7) is 11.7. The molecular weight excluding hydrogens is 190 g/mol. The third-order valence-corrected chi connectivity index (χ3v) is 2.21. The van der Waals surface area contributed by atoms with Crippen LogP contribution in [-0.4, -0.2) is 19.9 Å². The van der Waals surface area contributed by atoms with Crippen LogP contribution in [0, 0.1) is 0 Å². The lowest BCUT2D eigenvalue weighted by molar-refractivity contribution is 0.0683. The number of hydrogen-bond donors (Lipinski definition) is 1. The van der Waals surface area contributed by atoms with Crippen LogP contribution in [0.15, 0.2) is 0 Å². The number of rotatable bonds is 3. The van der Waals surface area contributed by atoms with Gasteiger partial charge in [0, 0.05) is 12.0 Å². The molecule has 0 fully saturated rings. The molecule has 1 N–H and O–H groups in total. The molecule has 1 heterocycles. The van der Waals surface area contributed by atoms with E-state index in [0.29, 0.717) is 11.7 Å². The Bertz CT molecular complexity index is 309. The first-order chi connectivity index (χ1) is 6.73. The lowest BCUT2D eigenvalue weighted by Gasteiger charge is -2.12. The Morgan fingerprint density at radius 3 is 2.00 bits per heavy atom. The summed E-state index contributed by atoms with van der Waals surface area (Å²) < 4.78 is 1.89. The average molecular weight is 211 g/mol. The Morgan fingerprint density at radius 2 is 1.73 bits per heavy atom. The van der Waals surface area contributed by atoms with E-state index in [9.17, 15) is 5.11 Å². The lowest BCUT2D eigenvalue weighted by Crippen LogP contribution is -2.18. The first-order valence-electron chi connectivity index (χ1n) is 5.42. The van der Waals surface area contributed by atoms with Gasteiger partial charge in [-0.05, 0) is 27.7 Å². The topological polar surface area (TPSA) is 50.9 Å². The summed E-state index contributed by atoms with van der Waals surface area (Å²) in [5.74, 6) is 1.75. The van der Waals surface area contributed by atoms with Gasteiger partial charge in [-0.3, -0.25) is 0 Å². The molecule has 0 atom stereocenters. The molecule has 0 saturated heterocycles. The fourth-order valence-corrected chi connectivity index (χ4v) is 1.37. The van der Waals surface area contributed by atoms with Crippen molar-refractivity contribution in [3.8, 4) is 0 Å². The number of nitrogens with zero attached hydrogens (tertiary/aromatic N) is 3. The van der Waals surface area contributed by atoms with Gasteiger partial charge in [0.05, 0.1) is 0 Å². The van der Waals surface area contributed by atoms with Crippen LogP contribution in [0.4, 0.5) is 0 Å². The third-order valence-electron chi connectivity index (χ3n) is 2.21. The number of aliphatic hydroxyl groups is 1. The highest BCUT2D eigenvalue weighted by Crippen LogP contribution is 2.22. The monoisotopic (exact) mass is 211 g/mol. The van der Waals surface area contributed by atoms with Gasteiger partial charge in [-0.2, -0.15) is 5.10 Å². The van der Waals surface area contributed by atoms with E-state index in [2.05, 4.69) is 37.8 Å². The summed E-state index contributed by atoms with van der Waals surface area (Å²) in [4.78, 5) is 4.40. The molecule has 0 radical (unpaired) electrons. The smallest absolute Gasteiger partial charge is 0.181 e. The maximum absolute atomic E-state index is 9.85. The van der Waals surface area contributed by atoms with Gasteiger partial charge < -0.3 is 5.11 Å². The van der Waals surface area contributed by atoms with Gasteiger partial charge >= 0.3 is 0 Å². The average Bonchev–Trinajstić information content (AvgIpc) is 2.45. The molecule has 0 saturated carbocycles. The minimum atomic E-state index is -0.968. The third kappa shape index (κ3) is 2.56. The quantitative estimate of drug-likeness (QED) is 0.834. The SMILES string of the molecule is CC(C)c1nc(C(C)(C)O)nn1C(C)C. The van der Waals surface area contributed by atoms with E-state index in [4.69, 9.17) is 0 Å². The van der Waals surface area contributed by atoms with Crippen LogP contribution in [-0.2, 0) is 5.60 Å². The van der Waals surface area contributed by atoms with Crippen molar-refractivity contribution in [3.05, 3.63) is 11.6 Å². The fourth-order valence-electron chi connectivity index (χ4n) is 1.37. The van der Waals surface area contributed by atoms with Crippen LogP contribution >= 0.6 is 0 Å². The van der Waals surface area contributed by atoms with Crippen molar-refractivity contribution < 1.29 is 5.11 Å². The van der Waals surface area contributed by atoms with Gasteiger partial charge in [-0.1, -0.05) is 13.8 Å². The minimum Gasteiger partial charge on any atom is -0.382 e. The molecule has 1 aromatic rings. The summed E-state index contributed by atoms with van der Waals surface area (Å²) in [6.07, 6.45) is 0. The molecule has 0 amide bonds. The summed E-state index contributed by atoms with van der Waals surface area (Å²) in [5.41, 5.74) is -0.968. The van der Waals surface area contributed by atoms with Gasteiger partial charge in [0.2, 0.25) is 0 Å². The molecule has 1 aromatic heterocycles. The second kappa shape index (κ2) is 3.93. The van der Waals surface area contributed by atoms with E-state index in [0.717, 1.165) is 5.82 Å². The highest BCUT2D eigenvalue weighted by molar-refractivity contribution is 5.04. The second-order valence-corrected chi connectivity index (χ2v) is 5.05. The van der Waals surface area contributed by atoms with E-state index in [-0.39, 0.29) is 6.04 Å². The molecule has 4 nitrogen and oxygen atoms in total. The zero-order valence-corrected chi connectivity index (χ0v) is 10.4. The van der Waals surface area contributed by atoms with Crippen LogP contribution < -0.4 is 0 Å². The zero-order chi connectivity index (χ0) is 11.8. The van der Waals surface area contributed by atoms with Crippen LogP contribution in [0.5, 0.6) is 0 Å². The minimum absolute atomic E-state index is 0.269. The lowest BCUT2D eigenvalue weighted by atomic mass is 10.1. The number of hydrogen-bond acceptors (Lipinski definition) is 3. The predicted octanol–water partition coefficient (Wildman–Crippen LogP) is 2.21. The van der Waals surface area contributed by atoms with Crippen molar-refractivity contribution in [2.45, 2.75) is 59.1 Å². The maximum Gasteiger partial charge on any atom is 0.181 e. The standard InChI is InChI=1S/C11H21N3O/c1-7(2)9-12-10(11(5,6)15)13-14(9)8(3)4/h7-8,15H,1-6H3. The van der Waals surface area contributed by atoms with E-state index < -0.39 is 5.60 Å². The van der Waals surface area contributed by atoms with Gasteiger partial charge in [-0.25, -0.2) is 9.67 Å². The first kappa shape index (κ1) is 12.2. The Morgan fingerprint density at radius 1 is 1.20 bits per heavy atom. The first-order valence-corrected chi connectivity index (χ1v) is 5.42. The highest BCUT2D eigenvalue weighted by Gasteiger charge is 2.25. The maximum atomic E-state index is 9.85. The Hall–Kier alpha value is -0.900. The molecule has 0 unspecified atom stereocenters. The van der Waals surface area contributed by atoms with Gasteiger partial charge in [-0.15, -0.1) is 0 Å². The summed E-state index contributed by atoms with van der Waals surface area (Å²) >= 11 is 0. The van der Waals surface area contributed by atoms with Crippen LogP contribution in [0.3, 0.4) is 0 Å². The Balaban J connectivity index is 3.21. The molecule has 15 heavy (non-hydrogen) atoms. The molecule has 0 aromatic carbocycles. The molecule has 86 valence electrons. The largest absolute Gasteiger partial charge is 0.382 e. The van der Waals surface area contributed by atoms with Crippen molar-refractivity contribution in [2.24, 2.45) is 0 Å². The molecule has 0 aliphatic rings. The molecule has 1 rings (SSSR count). The zero-order valence-electron chi connectivity index (χ0n) is 10.4. The fraction of sp³-hybridized carbons (Fsp3) is 0.818. The van der Waals surface area contributed by atoms with Crippen molar-refractivity contribution in [3.63, 3.8) is 0 Å². The van der Waals surface area contributed by atoms with Crippen molar-refractivity contribution in [1.82, 2.24) is 14.8 Å². The van der Waals surface area contributed by atoms with Crippen LogP contribution in [0.25, 0.3) is 0 Å². The molecular formula is C11H21N3O. The van der Waals surface area contributed by atoms with E-state index >= 15 is 0 Å². The van der Waals surface area contributed by atoms with E-state index in [1.807, 2.05) is 4.68 Å². The van der Waals surface area contributed by atoms with Crippen molar-refractivity contribution >= 4 is 0 Å². The molecule has 0 spiro atoms. The Labute approximate surface area is 91.3 Å². The van der Waals surface area contributed by atoms with Crippen LogP contribution in [0.1, 0.15) is 65.2 Å². The molecule has 0 aliphatic carbocycles. The van der Waals surface area contributed by atoms with Crippen molar-refractivity contribution in [1.29, 1.82) is 0 Å². The second-order valence-electron chi connectivity index (χ2n) is 5.05. The van der Waals surface area contributed by atoms with E-state index in [1.54, 1.807) is 13.8 Å².